The molecule has 0 N–H and O–H groups in total. The van der Waals surface area contributed by atoms with Gasteiger partial charge in [-0.05, 0) is 42.0 Å². The van der Waals surface area contributed by atoms with Crippen LogP contribution in [0.5, 0.6) is 5.75 Å². The maximum Gasteiger partial charge on any atom is 0.243 e. The number of fused-ring (bicyclic) bond motifs is 1. The van der Waals surface area contributed by atoms with Gasteiger partial charge < -0.3 is 4.74 Å². The summed E-state index contributed by atoms with van der Waals surface area (Å²) in [6.07, 6.45) is 0.0195. The summed E-state index contributed by atoms with van der Waals surface area (Å²) in [7, 11) is -3.60. The molecule has 6 nitrogen and oxygen atoms in total. The zero-order valence-electron chi connectivity index (χ0n) is 16.8. The number of sulfonamides is 1. The van der Waals surface area contributed by atoms with Gasteiger partial charge in [-0.1, -0.05) is 48.0 Å². The second-order valence-corrected chi connectivity index (χ2v) is 9.34. The third-order valence-corrected chi connectivity index (χ3v) is 7.28. The van der Waals surface area contributed by atoms with E-state index >= 15 is 0 Å². The van der Waals surface area contributed by atoms with Crippen molar-refractivity contribution in [2.24, 2.45) is 0 Å². The summed E-state index contributed by atoms with van der Waals surface area (Å²) in [5.74, 6) is 0.615. The van der Waals surface area contributed by atoms with E-state index in [1.165, 1.54) is 4.31 Å². The molecule has 0 bridgehead atoms. The number of rotatable bonds is 6. The van der Waals surface area contributed by atoms with Gasteiger partial charge in [0.1, 0.15) is 5.75 Å². The Morgan fingerprint density at radius 3 is 2.23 bits per heavy atom. The van der Waals surface area contributed by atoms with Crippen molar-refractivity contribution in [3.8, 4) is 5.75 Å². The molecule has 4 rings (SSSR count). The maximum absolute atomic E-state index is 13.1. The van der Waals surface area contributed by atoms with E-state index in [1.807, 2.05) is 66.4 Å². The highest BCUT2D eigenvalue weighted by Gasteiger charge is 2.31. The van der Waals surface area contributed by atoms with Crippen molar-refractivity contribution < 1.29 is 17.9 Å². The molecule has 1 aliphatic heterocycles. The van der Waals surface area contributed by atoms with Crippen LogP contribution in [0.1, 0.15) is 5.56 Å². The fraction of sp³-hybridized carbons (Fsp3) is 0.261. The Balaban J connectivity index is 1.44. The lowest BCUT2D eigenvalue weighted by Crippen LogP contribution is -2.53. The molecule has 1 unspecified atom stereocenters. The first-order chi connectivity index (χ1) is 14.5. The highest BCUT2D eigenvalue weighted by Crippen LogP contribution is 2.23. The lowest BCUT2D eigenvalue weighted by Gasteiger charge is -2.36. The zero-order valence-corrected chi connectivity index (χ0v) is 17.6. The van der Waals surface area contributed by atoms with E-state index in [4.69, 9.17) is 4.74 Å². The SMILES string of the molecule is Cc1ccc(OC(C=O)N2CCN(S(=O)(=O)c3ccc4ccccc4c3)CC2)cc1. The van der Waals surface area contributed by atoms with E-state index in [-0.39, 0.29) is 4.90 Å². The smallest absolute Gasteiger partial charge is 0.243 e. The number of ether oxygens (including phenoxy) is 1. The maximum atomic E-state index is 13.1. The summed E-state index contributed by atoms with van der Waals surface area (Å²) in [6.45, 7) is 3.42. The largest absolute Gasteiger partial charge is 0.468 e. The number of aldehydes is 1. The molecule has 1 saturated heterocycles. The van der Waals surface area contributed by atoms with Crippen molar-refractivity contribution in [3.05, 3.63) is 72.3 Å². The zero-order chi connectivity index (χ0) is 21.1. The number of carbonyl (C=O) groups excluding carboxylic acids is 1. The van der Waals surface area contributed by atoms with Crippen LogP contribution in [-0.4, -0.2) is 56.3 Å². The van der Waals surface area contributed by atoms with Crippen molar-refractivity contribution in [1.82, 2.24) is 9.21 Å². The average molecular weight is 425 g/mol. The monoisotopic (exact) mass is 424 g/mol. The van der Waals surface area contributed by atoms with E-state index in [1.54, 1.807) is 12.1 Å². The van der Waals surface area contributed by atoms with Gasteiger partial charge >= 0.3 is 0 Å². The quantitative estimate of drug-likeness (QED) is 0.569. The highest BCUT2D eigenvalue weighted by molar-refractivity contribution is 7.89. The minimum absolute atomic E-state index is 0.289. The standard InChI is InChI=1S/C23H24N2O4S/c1-18-6-9-21(10-7-18)29-23(17-26)24-12-14-25(15-13-24)30(27,28)22-11-8-19-4-2-3-5-20(19)16-22/h2-11,16-17,23H,12-15H2,1H3. The van der Waals surface area contributed by atoms with Gasteiger partial charge in [0.15, 0.2) is 6.29 Å². The van der Waals surface area contributed by atoms with Crippen molar-refractivity contribution >= 4 is 27.1 Å². The average Bonchev–Trinajstić information content (AvgIpc) is 2.78. The lowest BCUT2D eigenvalue weighted by atomic mass is 10.1. The number of piperazine rings is 1. The van der Waals surface area contributed by atoms with Gasteiger partial charge in [-0.15, -0.1) is 0 Å². The summed E-state index contributed by atoms with van der Waals surface area (Å²) in [6, 6.07) is 20.4. The Hall–Kier alpha value is -2.74. The fourth-order valence-electron chi connectivity index (χ4n) is 3.62. The van der Waals surface area contributed by atoms with Gasteiger partial charge in [0.05, 0.1) is 4.90 Å². The van der Waals surface area contributed by atoms with Crippen molar-refractivity contribution in [3.63, 3.8) is 0 Å². The van der Waals surface area contributed by atoms with Gasteiger partial charge in [0, 0.05) is 26.2 Å². The Kier molecular flexibility index (Phi) is 5.85. The van der Waals surface area contributed by atoms with Crippen LogP contribution in [0.4, 0.5) is 0 Å². The molecule has 0 saturated carbocycles. The van der Waals surface area contributed by atoms with Crippen LogP contribution >= 0.6 is 0 Å². The normalized spacial score (nSPS) is 17.0. The van der Waals surface area contributed by atoms with E-state index in [0.29, 0.717) is 31.9 Å². The molecule has 7 heteroatoms. The second kappa shape index (κ2) is 8.55. The van der Waals surface area contributed by atoms with Gasteiger partial charge in [0.25, 0.3) is 0 Å². The van der Waals surface area contributed by atoms with Crippen LogP contribution in [0.2, 0.25) is 0 Å². The molecule has 0 spiro atoms. The van der Waals surface area contributed by atoms with Gasteiger partial charge in [-0.3, -0.25) is 9.69 Å². The molecule has 3 aromatic carbocycles. The fourth-order valence-corrected chi connectivity index (χ4v) is 5.08. The van der Waals surface area contributed by atoms with Crippen LogP contribution in [-0.2, 0) is 14.8 Å². The van der Waals surface area contributed by atoms with Gasteiger partial charge in [-0.2, -0.15) is 4.31 Å². The van der Waals surface area contributed by atoms with E-state index < -0.39 is 16.3 Å². The molecule has 0 aromatic heterocycles. The summed E-state index contributed by atoms with van der Waals surface area (Å²) in [5.41, 5.74) is 1.11. The highest BCUT2D eigenvalue weighted by atomic mass is 32.2. The molecule has 1 heterocycles. The van der Waals surface area contributed by atoms with E-state index in [0.717, 1.165) is 22.6 Å². The molecule has 1 fully saturated rings. The first kappa shape index (κ1) is 20.5. The predicted molar refractivity (Wildman–Crippen MR) is 116 cm³/mol. The number of benzene rings is 3. The van der Waals surface area contributed by atoms with Crippen LogP contribution in [0.15, 0.2) is 71.6 Å². The molecule has 156 valence electrons. The Labute approximate surface area is 176 Å². The van der Waals surface area contributed by atoms with E-state index in [9.17, 15) is 13.2 Å². The predicted octanol–water partition coefficient (Wildman–Crippen LogP) is 3.06. The van der Waals surface area contributed by atoms with Crippen LogP contribution in [0.25, 0.3) is 10.8 Å². The third kappa shape index (κ3) is 4.23. The summed E-state index contributed by atoms with van der Waals surface area (Å²) < 4.78 is 33.5. The summed E-state index contributed by atoms with van der Waals surface area (Å²) in [5, 5.41) is 1.90. The molecule has 0 radical (unpaired) electrons. The molecule has 1 aliphatic rings. The number of nitrogens with zero attached hydrogens (tertiary/aromatic N) is 2. The molecular formula is C23H24N2O4S. The first-order valence-corrected chi connectivity index (χ1v) is 11.3. The minimum atomic E-state index is -3.60. The van der Waals surface area contributed by atoms with Gasteiger partial charge in [0.2, 0.25) is 16.3 Å². The second-order valence-electron chi connectivity index (χ2n) is 7.41. The first-order valence-electron chi connectivity index (χ1n) is 9.89. The minimum Gasteiger partial charge on any atom is -0.468 e. The van der Waals surface area contributed by atoms with E-state index in [2.05, 4.69) is 0 Å². The number of hydrogen-bond donors (Lipinski definition) is 0. The Morgan fingerprint density at radius 1 is 0.900 bits per heavy atom. The molecular weight excluding hydrogens is 400 g/mol. The molecule has 30 heavy (non-hydrogen) atoms. The number of hydrogen-bond acceptors (Lipinski definition) is 5. The molecule has 0 amide bonds. The third-order valence-electron chi connectivity index (χ3n) is 5.39. The van der Waals surface area contributed by atoms with Crippen molar-refractivity contribution in [1.29, 1.82) is 0 Å². The lowest BCUT2D eigenvalue weighted by molar-refractivity contribution is -0.122. The molecule has 0 aliphatic carbocycles. The number of aryl methyl sites for hydroxylation is 1. The molecule has 3 aromatic rings. The van der Waals surface area contributed by atoms with Crippen molar-refractivity contribution in [2.45, 2.75) is 18.0 Å². The van der Waals surface area contributed by atoms with Crippen LogP contribution < -0.4 is 4.74 Å². The number of carbonyl (C=O) groups is 1. The molecule has 1 atom stereocenters. The van der Waals surface area contributed by atoms with Crippen LogP contribution in [0, 0.1) is 6.92 Å². The van der Waals surface area contributed by atoms with Gasteiger partial charge in [-0.25, -0.2) is 8.42 Å². The van der Waals surface area contributed by atoms with Crippen LogP contribution in [0.3, 0.4) is 0 Å². The summed E-state index contributed by atoms with van der Waals surface area (Å²) in [4.78, 5) is 13.8. The van der Waals surface area contributed by atoms with Crippen molar-refractivity contribution in [2.75, 3.05) is 26.2 Å². The topological polar surface area (TPSA) is 66.9 Å². The Bertz CT molecular complexity index is 1140. The summed E-state index contributed by atoms with van der Waals surface area (Å²) >= 11 is 0. The Morgan fingerprint density at radius 2 is 1.57 bits per heavy atom.